The summed E-state index contributed by atoms with van der Waals surface area (Å²) in [5, 5.41) is 4.87. The number of nitrogens with zero attached hydrogens (tertiary/aromatic N) is 2. The summed E-state index contributed by atoms with van der Waals surface area (Å²) in [6.45, 7) is 8.02. The second-order valence-corrected chi connectivity index (χ2v) is 4.35. The van der Waals surface area contributed by atoms with Crippen LogP contribution in [0.25, 0.3) is 0 Å². The van der Waals surface area contributed by atoms with Gasteiger partial charge in [0.05, 0.1) is 12.6 Å². The van der Waals surface area contributed by atoms with E-state index in [-0.39, 0.29) is 5.54 Å². The zero-order chi connectivity index (χ0) is 10.2. The lowest BCUT2D eigenvalue weighted by Gasteiger charge is -2.19. The van der Waals surface area contributed by atoms with Crippen molar-refractivity contribution in [3.63, 3.8) is 0 Å². The van der Waals surface area contributed by atoms with E-state index in [2.05, 4.69) is 5.10 Å². The highest BCUT2D eigenvalue weighted by molar-refractivity contribution is 6.31. The van der Waals surface area contributed by atoms with Crippen LogP contribution in [-0.2, 0) is 5.54 Å². The lowest BCUT2D eigenvalue weighted by Crippen LogP contribution is -2.23. The van der Waals surface area contributed by atoms with Gasteiger partial charge in [-0.1, -0.05) is 11.6 Å². The molecule has 0 atom stereocenters. The van der Waals surface area contributed by atoms with Gasteiger partial charge in [0.1, 0.15) is 5.69 Å². The Hall–Kier alpha value is -0.700. The number of halogens is 1. The Labute approximate surface area is 83.6 Å². The van der Waals surface area contributed by atoms with Crippen molar-refractivity contribution in [1.29, 1.82) is 0 Å². The molecule has 1 rings (SSSR count). The normalized spacial score (nSPS) is 11.8. The van der Waals surface area contributed by atoms with Crippen LogP contribution in [-0.4, -0.2) is 16.9 Å². The van der Waals surface area contributed by atoms with E-state index in [1.807, 2.05) is 27.7 Å². The first-order chi connectivity index (χ1) is 5.88. The smallest absolute Gasteiger partial charge is 0.178 e. The van der Waals surface area contributed by atoms with Crippen molar-refractivity contribution >= 4 is 11.6 Å². The van der Waals surface area contributed by atoms with Gasteiger partial charge in [0, 0.05) is 0 Å². The van der Waals surface area contributed by atoms with Crippen molar-refractivity contribution in [3.8, 4) is 5.75 Å². The molecule has 0 aliphatic heterocycles. The third-order valence-corrected chi connectivity index (χ3v) is 2.12. The Bertz CT molecular complexity index is 312. The second-order valence-electron chi connectivity index (χ2n) is 3.99. The number of aryl methyl sites for hydroxylation is 1. The summed E-state index contributed by atoms with van der Waals surface area (Å²) in [5.41, 5.74) is 0.709. The summed E-state index contributed by atoms with van der Waals surface area (Å²) < 4.78 is 6.90. The fraction of sp³-hybridized carbons (Fsp3) is 0.667. The molecule has 0 aliphatic rings. The molecule has 0 saturated heterocycles. The molecule has 0 saturated carbocycles. The molecule has 1 aromatic heterocycles. The largest absolute Gasteiger partial charge is 0.492 e. The van der Waals surface area contributed by atoms with E-state index in [1.165, 1.54) is 0 Å². The molecule has 3 nitrogen and oxygen atoms in total. The number of rotatable bonds is 1. The molecule has 0 radical (unpaired) electrons. The van der Waals surface area contributed by atoms with Crippen molar-refractivity contribution in [3.05, 3.63) is 10.8 Å². The maximum absolute atomic E-state index is 6.09. The maximum Gasteiger partial charge on any atom is 0.178 e. The predicted molar refractivity (Wildman–Crippen MR) is 53.5 cm³/mol. The van der Waals surface area contributed by atoms with E-state index in [4.69, 9.17) is 16.3 Å². The Morgan fingerprint density at radius 3 is 2.15 bits per heavy atom. The van der Waals surface area contributed by atoms with Crippen LogP contribution in [0.5, 0.6) is 5.75 Å². The molecule has 0 unspecified atom stereocenters. The zero-order valence-electron chi connectivity index (χ0n) is 8.68. The minimum absolute atomic E-state index is 0.112. The van der Waals surface area contributed by atoms with Crippen molar-refractivity contribution in [2.24, 2.45) is 0 Å². The van der Waals surface area contributed by atoms with Gasteiger partial charge in [0.2, 0.25) is 0 Å². The highest BCUT2D eigenvalue weighted by atomic mass is 35.5. The van der Waals surface area contributed by atoms with Crippen molar-refractivity contribution < 1.29 is 4.74 Å². The highest BCUT2D eigenvalue weighted by Gasteiger charge is 2.22. The number of hydrogen-bond donors (Lipinski definition) is 0. The Morgan fingerprint density at radius 1 is 1.38 bits per heavy atom. The fourth-order valence-electron chi connectivity index (χ4n) is 1.16. The van der Waals surface area contributed by atoms with E-state index >= 15 is 0 Å². The summed E-state index contributed by atoms with van der Waals surface area (Å²) >= 11 is 6.09. The van der Waals surface area contributed by atoms with E-state index in [0.29, 0.717) is 10.9 Å². The van der Waals surface area contributed by atoms with Gasteiger partial charge < -0.3 is 4.74 Å². The van der Waals surface area contributed by atoms with Crippen LogP contribution in [0, 0.1) is 6.92 Å². The molecule has 0 bridgehead atoms. The number of aromatic nitrogens is 2. The predicted octanol–water partition coefficient (Wildman–Crippen LogP) is 2.61. The van der Waals surface area contributed by atoms with Gasteiger partial charge in [0.15, 0.2) is 10.9 Å². The summed E-state index contributed by atoms with van der Waals surface area (Å²) in [7, 11) is 1.60. The maximum atomic E-state index is 6.09. The molecular weight excluding hydrogens is 188 g/mol. The quantitative estimate of drug-likeness (QED) is 0.700. The van der Waals surface area contributed by atoms with Gasteiger partial charge in [-0.25, -0.2) is 4.68 Å². The van der Waals surface area contributed by atoms with Crippen LogP contribution in [0.15, 0.2) is 0 Å². The highest BCUT2D eigenvalue weighted by Crippen LogP contribution is 2.31. The average molecular weight is 203 g/mol. The number of hydrogen-bond acceptors (Lipinski definition) is 2. The summed E-state index contributed by atoms with van der Waals surface area (Å²) in [6.07, 6.45) is 0. The molecule has 0 aromatic carbocycles. The van der Waals surface area contributed by atoms with Gasteiger partial charge in [0.25, 0.3) is 0 Å². The first-order valence-electron chi connectivity index (χ1n) is 4.17. The van der Waals surface area contributed by atoms with Gasteiger partial charge in [-0.15, -0.1) is 0 Å². The number of methoxy groups -OCH3 is 1. The lowest BCUT2D eigenvalue weighted by atomic mass is 10.1. The molecular formula is C9H15ClN2O. The minimum Gasteiger partial charge on any atom is -0.492 e. The summed E-state index contributed by atoms with van der Waals surface area (Å²) in [5.74, 6) is 0.664. The molecule has 1 heterocycles. The molecule has 0 amide bonds. The van der Waals surface area contributed by atoms with Crippen molar-refractivity contribution in [2.45, 2.75) is 33.2 Å². The molecule has 0 aliphatic carbocycles. The molecule has 0 N–H and O–H groups in total. The Balaban J connectivity index is 3.26. The third-order valence-electron chi connectivity index (χ3n) is 1.79. The number of ether oxygens (including phenoxy) is 1. The molecule has 0 fully saturated rings. The van der Waals surface area contributed by atoms with Crippen LogP contribution in [0.1, 0.15) is 26.5 Å². The SMILES string of the molecule is COc1c(C)nn(C(C)(C)C)c1Cl. The molecule has 74 valence electrons. The van der Waals surface area contributed by atoms with E-state index in [0.717, 1.165) is 5.69 Å². The van der Waals surface area contributed by atoms with Gasteiger partial charge in [-0.2, -0.15) is 5.10 Å². The average Bonchev–Trinajstić information content (AvgIpc) is 2.25. The first-order valence-corrected chi connectivity index (χ1v) is 4.55. The Kier molecular flexibility index (Phi) is 2.57. The van der Waals surface area contributed by atoms with E-state index < -0.39 is 0 Å². The van der Waals surface area contributed by atoms with Crippen molar-refractivity contribution in [1.82, 2.24) is 9.78 Å². The zero-order valence-corrected chi connectivity index (χ0v) is 9.44. The van der Waals surface area contributed by atoms with Gasteiger partial charge in [-0.05, 0) is 27.7 Å². The van der Waals surface area contributed by atoms with E-state index in [9.17, 15) is 0 Å². The minimum atomic E-state index is -0.112. The third kappa shape index (κ3) is 1.80. The van der Waals surface area contributed by atoms with Crippen LogP contribution in [0.2, 0.25) is 5.15 Å². The Morgan fingerprint density at radius 2 is 1.92 bits per heavy atom. The van der Waals surface area contributed by atoms with Crippen LogP contribution in [0.3, 0.4) is 0 Å². The second kappa shape index (κ2) is 3.22. The van der Waals surface area contributed by atoms with Crippen LogP contribution >= 0.6 is 11.6 Å². The fourth-order valence-corrected chi connectivity index (χ4v) is 1.67. The topological polar surface area (TPSA) is 27.1 Å². The first kappa shape index (κ1) is 10.4. The monoisotopic (exact) mass is 202 g/mol. The lowest BCUT2D eigenvalue weighted by molar-refractivity contribution is 0.351. The molecule has 4 heteroatoms. The molecule has 1 aromatic rings. The van der Waals surface area contributed by atoms with E-state index in [1.54, 1.807) is 11.8 Å². The van der Waals surface area contributed by atoms with Gasteiger partial charge in [-0.3, -0.25) is 0 Å². The molecule has 0 spiro atoms. The van der Waals surface area contributed by atoms with Gasteiger partial charge >= 0.3 is 0 Å². The standard InChI is InChI=1S/C9H15ClN2O/c1-6-7(13-5)8(10)12(11-6)9(2,3)4/h1-5H3. The molecule has 13 heavy (non-hydrogen) atoms. The summed E-state index contributed by atoms with van der Waals surface area (Å²) in [4.78, 5) is 0. The van der Waals surface area contributed by atoms with Crippen LogP contribution in [0.4, 0.5) is 0 Å². The van der Waals surface area contributed by atoms with Crippen LogP contribution < -0.4 is 4.74 Å². The van der Waals surface area contributed by atoms with Crippen molar-refractivity contribution in [2.75, 3.05) is 7.11 Å². The summed E-state index contributed by atoms with van der Waals surface area (Å²) in [6, 6.07) is 0.